The average molecular weight is 357 g/mol. The van der Waals surface area contributed by atoms with Crippen molar-refractivity contribution in [2.24, 2.45) is 5.92 Å². The zero-order valence-corrected chi connectivity index (χ0v) is 15.4. The quantitative estimate of drug-likeness (QED) is 0.805. The van der Waals surface area contributed by atoms with E-state index in [1.165, 1.54) is 34.6 Å². The second kappa shape index (κ2) is 7.83. The molecule has 1 heterocycles. The number of thiophene rings is 1. The van der Waals surface area contributed by atoms with Crippen LogP contribution in [-0.4, -0.2) is 18.0 Å². The van der Waals surface area contributed by atoms with Gasteiger partial charge in [-0.1, -0.05) is 31.5 Å². The molecule has 1 aromatic heterocycles. The van der Waals surface area contributed by atoms with Gasteiger partial charge in [-0.15, -0.1) is 11.3 Å². The van der Waals surface area contributed by atoms with Gasteiger partial charge in [0.05, 0.1) is 0 Å². The number of hydrogen-bond acceptors (Lipinski definition) is 4. The van der Waals surface area contributed by atoms with Crippen LogP contribution >= 0.6 is 11.3 Å². The van der Waals surface area contributed by atoms with E-state index in [1.54, 1.807) is 19.1 Å². The Morgan fingerprint density at radius 3 is 2.80 bits per heavy atom. The van der Waals surface area contributed by atoms with E-state index in [0.29, 0.717) is 16.5 Å². The molecule has 0 unspecified atom stereocenters. The molecule has 1 aromatic carbocycles. The van der Waals surface area contributed by atoms with Gasteiger partial charge in [0.2, 0.25) is 0 Å². The van der Waals surface area contributed by atoms with Crippen LogP contribution in [0.4, 0.5) is 5.69 Å². The van der Waals surface area contributed by atoms with Crippen molar-refractivity contribution >= 4 is 28.9 Å². The van der Waals surface area contributed by atoms with E-state index in [9.17, 15) is 9.59 Å². The molecule has 0 aliphatic heterocycles. The second-order valence-corrected chi connectivity index (χ2v) is 7.62. The van der Waals surface area contributed by atoms with Crippen LogP contribution in [0.25, 0.3) is 0 Å². The van der Waals surface area contributed by atoms with Crippen LogP contribution in [0.3, 0.4) is 0 Å². The number of carbonyl (C=O) groups is 2. The molecule has 2 aromatic rings. The lowest BCUT2D eigenvalue weighted by molar-refractivity contribution is -0.123. The van der Waals surface area contributed by atoms with Gasteiger partial charge in [0.25, 0.3) is 5.91 Å². The van der Waals surface area contributed by atoms with Gasteiger partial charge in [0.1, 0.15) is 4.88 Å². The Morgan fingerprint density at radius 1 is 1.32 bits per heavy atom. The number of esters is 1. The van der Waals surface area contributed by atoms with E-state index in [-0.39, 0.29) is 5.91 Å². The van der Waals surface area contributed by atoms with Crippen molar-refractivity contribution in [2.75, 3.05) is 5.32 Å². The molecule has 5 heteroatoms. The van der Waals surface area contributed by atoms with Gasteiger partial charge in [0.15, 0.2) is 6.10 Å². The third-order valence-electron chi connectivity index (χ3n) is 4.66. The van der Waals surface area contributed by atoms with E-state index >= 15 is 0 Å². The van der Waals surface area contributed by atoms with Crippen molar-refractivity contribution in [1.29, 1.82) is 0 Å². The highest BCUT2D eigenvalue weighted by molar-refractivity contribution is 7.14. The molecule has 2 atom stereocenters. The first-order valence-electron chi connectivity index (χ1n) is 8.75. The van der Waals surface area contributed by atoms with Crippen LogP contribution in [0.2, 0.25) is 0 Å². The van der Waals surface area contributed by atoms with E-state index in [2.05, 4.69) is 12.2 Å². The molecule has 4 nitrogen and oxygen atoms in total. The first kappa shape index (κ1) is 17.7. The van der Waals surface area contributed by atoms with Crippen LogP contribution in [0, 0.1) is 5.92 Å². The van der Waals surface area contributed by atoms with Gasteiger partial charge < -0.3 is 10.1 Å². The standard InChI is InChI=1S/C20H23NO3S/c1-3-14-9-10-17-15(11-14)12-18(25-17)20(23)24-13(2)19(22)21-16-7-5-4-6-8-16/h4-8,12-14H,3,9-11H2,1-2H3,(H,21,22)/t13-,14+/m0/s1. The molecule has 0 spiro atoms. The highest BCUT2D eigenvalue weighted by Crippen LogP contribution is 2.33. The number of rotatable bonds is 5. The smallest absolute Gasteiger partial charge is 0.349 e. The van der Waals surface area contributed by atoms with Gasteiger partial charge in [-0.2, -0.15) is 0 Å². The van der Waals surface area contributed by atoms with E-state index in [0.717, 1.165) is 12.8 Å². The summed E-state index contributed by atoms with van der Waals surface area (Å²) in [7, 11) is 0. The number of ether oxygens (including phenoxy) is 1. The Hall–Kier alpha value is -2.14. The largest absolute Gasteiger partial charge is 0.448 e. The molecule has 1 aliphatic carbocycles. The maximum absolute atomic E-state index is 12.4. The van der Waals surface area contributed by atoms with E-state index in [4.69, 9.17) is 4.74 Å². The number of fused-ring (bicyclic) bond motifs is 1. The Labute approximate surface area is 152 Å². The molecule has 1 amide bonds. The number of amides is 1. The monoisotopic (exact) mass is 357 g/mol. The Morgan fingerprint density at radius 2 is 2.08 bits per heavy atom. The number of nitrogens with one attached hydrogen (secondary N) is 1. The van der Waals surface area contributed by atoms with Gasteiger partial charge in [-0.25, -0.2) is 4.79 Å². The fraction of sp³-hybridized carbons (Fsp3) is 0.400. The molecule has 25 heavy (non-hydrogen) atoms. The van der Waals surface area contributed by atoms with Gasteiger partial charge in [0, 0.05) is 10.6 Å². The van der Waals surface area contributed by atoms with Crippen molar-refractivity contribution < 1.29 is 14.3 Å². The van der Waals surface area contributed by atoms with Crippen molar-refractivity contribution in [3.8, 4) is 0 Å². The fourth-order valence-electron chi connectivity index (χ4n) is 3.09. The summed E-state index contributed by atoms with van der Waals surface area (Å²) in [6, 6.07) is 11.1. The lowest BCUT2D eigenvalue weighted by atomic mass is 9.87. The van der Waals surface area contributed by atoms with Crippen LogP contribution in [0.15, 0.2) is 36.4 Å². The number of anilines is 1. The summed E-state index contributed by atoms with van der Waals surface area (Å²) in [5.74, 6) is -0.0309. The van der Waals surface area contributed by atoms with Crippen molar-refractivity contribution in [3.63, 3.8) is 0 Å². The normalized spacial score (nSPS) is 17.4. The van der Waals surface area contributed by atoms with E-state index in [1.807, 2.05) is 24.3 Å². The minimum Gasteiger partial charge on any atom is -0.448 e. The maximum atomic E-state index is 12.4. The minimum atomic E-state index is -0.838. The van der Waals surface area contributed by atoms with Gasteiger partial charge >= 0.3 is 5.97 Å². The lowest BCUT2D eigenvalue weighted by Gasteiger charge is -2.19. The number of para-hydroxylation sites is 1. The molecule has 0 saturated heterocycles. The molecule has 3 rings (SSSR count). The van der Waals surface area contributed by atoms with Crippen molar-refractivity contribution in [2.45, 2.75) is 45.6 Å². The molecule has 1 aliphatic rings. The predicted octanol–water partition coefficient (Wildman–Crippen LogP) is 4.45. The number of benzene rings is 1. The zero-order valence-electron chi connectivity index (χ0n) is 14.6. The van der Waals surface area contributed by atoms with E-state index < -0.39 is 12.1 Å². The van der Waals surface area contributed by atoms with Gasteiger partial charge in [-0.05, 0) is 55.9 Å². The number of hydrogen-bond donors (Lipinski definition) is 1. The average Bonchev–Trinajstić information content (AvgIpc) is 3.05. The molecule has 1 N–H and O–H groups in total. The molecule has 0 radical (unpaired) electrons. The topological polar surface area (TPSA) is 55.4 Å². The summed E-state index contributed by atoms with van der Waals surface area (Å²) in [6.45, 7) is 3.81. The summed E-state index contributed by atoms with van der Waals surface area (Å²) in [5.41, 5.74) is 1.96. The SMILES string of the molecule is CC[C@@H]1CCc2sc(C(=O)O[C@@H](C)C(=O)Nc3ccccc3)cc2C1. The zero-order chi connectivity index (χ0) is 17.8. The summed E-state index contributed by atoms with van der Waals surface area (Å²) in [5, 5.41) is 2.75. The lowest BCUT2D eigenvalue weighted by Crippen LogP contribution is -2.29. The molecule has 0 fully saturated rings. The molecular formula is C20H23NO3S. The fourth-order valence-corrected chi connectivity index (χ4v) is 4.18. The molecule has 132 valence electrons. The van der Waals surface area contributed by atoms with Crippen LogP contribution in [-0.2, 0) is 22.4 Å². The Kier molecular flexibility index (Phi) is 5.53. The third-order valence-corrected chi connectivity index (χ3v) is 5.87. The molecule has 0 saturated carbocycles. The van der Waals surface area contributed by atoms with Gasteiger partial charge in [-0.3, -0.25) is 4.79 Å². The predicted molar refractivity (Wildman–Crippen MR) is 100 cm³/mol. The third kappa shape index (κ3) is 4.28. The first-order valence-corrected chi connectivity index (χ1v) is 9.57. The van der Waals surface area contributed by atoms with Crippen molar-refractivity contribution in [3.05, 3.63) is 51.7 Å². The Bertz CT molecular complexity index is 754. The Balaban J connectivity index is 1.60. The van der Waals surface area contributed by atoms with Crippen LogP contribution in [0.5, 0.6) is 0 Å². The highest BCUT2D eigenvalue weighted by Gasteiger charge is 2.25. The van der Waals surface area contributed by atoms with Crippen LogP contribution < -0.4 is 5.32 Å². The summed E-state index contributed by atoms with van der Waals surface area (Å²) < 4.78 is 5.36. The highest BCUT2D eigenvalue weighted by atomic mass is 32.1. The summed E-state index contributed by atoms with van der Waals surface area (Å²) in [6.07, 6.45) is 3.60. The van der Waals surface area contributed by atoms with Crippen molar-refractivity contribution in [1.82, 2.24) is 0 Å². The second-order valence-electron chi connectivity index (χ2n) is 6.48. The maximum Gasteiger partial charge on any atom is 0.349 e. The minimum absolute atomic E-state index is 0.327. The summed E-state index contributed by atoms with van der Waals surface area (Å²) in [4.78, 5) is 26.4. The summed E-state index contributed by atoms with van der Waals surface area (Å²) >= 11 is 1.51. The van der Waals surface area contributed by atoms with Crippen LogP contribution in [0.1, 0.15) is 46.8 Å². The number of aryl methyl sites for hydroxylation is 1. The molecular weight excluding hydrogens is 334 g/mol. The molecule has 0 bridgehead atoms. The number of carbonyl (C=O) groups excluding carboxylic acids is 2. The first-order chi connectivity index (χ1) is 12.1.